The molecule has 0 aliphatic rings. The molecule has 1 unspecified atom stereocenters. The Hall–Kier alpha value is -1.02. The largest absolute Gasteiger partial charge is 0.494 e. The van der Waals surface area contributed by atoms with E-state index in [1.807, 2.05) is 7.05 Å². The van der Waals surface area contributed by atoms with E-state index in [1.165, 1.54) is 12.0 Å². The van der Waals surface area contributed by atoms with Gasteiger partial charge in [-0.25, -0.2) is 0 Å². The van der Waals surface area contributed by atoms with Gasteiger partial charge >= 0.3 is 0 Å². The normalized spacial score (nSPS) is 12.7. The maximum Gasteiger partial charge on any atom is 0.119 e. The minimum Gasteiger partial charge on any atom is -0.494 e. The van der Waals surface area contributed by atoms with Crippen LogP contribution in [0.15, 0.2) is 24.3 Å². The van der Waals surface area contributed by atoms with Crippen molar-refractivity contribution in [3.05, 3.63) is 29.8 Å². The first-order valence-corrected chi connectivity index (χ1v) is 7.07. The van der Waals surface area contributed by atoms with E-state index in [4.69, 9.17) is 4.74 Å². The molecule has 18 heavy (non-hydrogen) atoms. The van der Waals surface area contributed by atoms with Crippen molar-refractivity contribution in [3.63, 3.8) is 0 Å². The topological polar surface area (TPSA) is 21.3 Å². The highest BCUT2D eigenvalue weighted by atomic mass is 16.5. The minimum absolute atomic E-state index is 0.444. The van der Waals surface area contributed by atoms with E-state index >= 15 is 0 Å². The lowest BCUT2D eigenvalue weighted by Gasteiger charge is -2.15. The lowest BCUT2D eigenvalue weighted by Crippen LogP contribution is -2.14. The molecule has 1 N–H and O–H groups in total. The highest BCUT2D eigenvalue weighted by Gasteiger charge is 2.05. The number of ether oxygens (including phenoxy) is 1. The van der Waals surface area contributed by atoms with E-state index in [-0.39, 0.29) is 0 Å². The summed E-state index contributed by atoms with van der Waals surface area (Å²) in [6.07, 6.45) is 3.47. The zero-order valence-corrected chi connectivity index (χ0v) is 12.2. The molecule has 102 valence electrons. The molecule has 1 rings (SSSR count). The van der Waals surface area contributed by atoms with Crippen molar-refractivity contribution in [1.82, 2.24) is 5.32 Å². The summed E-state index contributed by atoms with van der Waals surface area (Å²) in [6.45, 7) is 7.51. The predicted octanol–water partition coefficient (Wildman–Crippen LogP) is 4.17. The van der Waals surface area contributed by atoms with Crippen LogP contribution in [-0.2, 0) is 0 Å². The SMILES string of the molecule is CCC(NC)c1ccc(OCCCC(C)C)cc1. The quantitative estimate of drug-likeness (QED) is 0.698. The van der Waals surface area contributed by atoms with Crippen LogP contribution in [0.4, 0.5) is 0 Å². The summed E-state index contributed by atoms with van der Waals surface area (Å²) < 4.78 is 5.74. The number of rotatable bonds is 8. The second kappa shape index (κ2) is 8.15. The molecule has 1 atom stereocenters. The maximum atomic E-state index is 5.74. The van der Waals surface area contributed by atoms with E-state index < -0.39 is 0 Å². The first kappa shape index (κ1) is 15.0. The Morgan fingerprint density at radius 3 is 2.33 bits per heavy atom. The summed E-state index contributed by atoms with van der Waals surface area (Å²) in [4.78, 5) is 0. The fourth-order valence-electron chi connectivity index (χ4n) is 2.08. The zero-order chi connectivity index (χ0) is 13.4. The summed E-state index contributed by atoms with van der Waals surface area (Å²) >= 11 is 0. The third-order valence-electron chi connectivity index (χ3n) is 3.23. The molecule has 1 aromatic rings. The van der Waals surface area contributed by atoms with Gasteiger partial charge < -0.3 is 10.1 Å². The Kier molecular flexibility index (Phi) is 6.81. The molecule has 2 nitrogen and oxygen atoms in total. The van der Waals surface area contributed by atoms with Crippen molar-refractivity contribution >= 4 is 0 Å². The summed E-state index contributed by atoms with van der Waals surface area (Å²) in [5.41, 5.74) is 1.33. The van der Waals surface area contributed by atoms with Crippen molar-refractivity contribution in [2.75, 3.05) is 13.7 Å². The first-order chi connectivity index (χ1) is 8.67. The van der Waals surface area contributed by atoms with E-state index in [0.29, 0.717) is 6.04 Å². The van der Waals surface area contributed by atoms with Crippen LogP contribution < -0.4 is 10.1 Å². The van der Waals surface area contributed by atoms with Crippen molar-refractivity contribution in [3.8, 4) is 5.75 Å². The van der Waals surface area contributed by atoms with E-state index in [1.54, 1.807) is 0 Å². The van der Waals surface area contributed by atoms with Gasteiger partial charge in [0.15, 0.2) is 0 Å². The highest BCUT2D eigenvalue weighted by Crippen LogP contribution is 2.20. The molecule has 1 aromatic carbocycles. The molecular formula is C16H27NO. The highest BCUT2D eigenvalue weighted by molar-refractivity contribution is 5.29. The van der Waals surface area contributed by atoms with Crippen LogP contribution in [0.5, 0.6) is 5.75 Å². The van der Waals surface area contributed by atoms with Crippen molar-refractivity contribution in [1.29, 1.82) is 0 Å². The summed E-state index contributed by atoms with van der Waals surface area (Å²) in [7, 11) is 2.00. The Morgan fingerprint density at radius 1 is 1.17 bits per heavy atom. The maximum absolute atomic E-state index is 5.74. The van der Waals surface area contributed by atoms with Crippen LogP contribution in [0.1, 0.15) is 51.6 Å². The summed E-state index contributed by atoms with van der Waals surface area (Å²) in [5.74, 6) is 1.74. The number of hydrogen-bond acceptors (Lipinski definition) is 2. The van der Waals surface area contributed by atoms with Crippen molar-refractivity contribution < 1.29 is 4.74 Å². The molecule has 0 bridgehead atoms. The molecule has 0 amide bonds. The Morgan fingerprint density at radius 2 is 1.83 bits per heavy atom. The van der Waals surface area contributed by atoms with Gasteiger partial charge in [-0.05, 0) is 49.9 Å². The molecule has 0 fully saturated rings. The predicted molar refractivity (Wildman–Crippen MR) is 78.1 cm³/mol. The second-order valence-electron chi connectivity index (χ2n) is 5.20. The summed E-state index contributed by atoms with van der Waals surface area (Å²) in [5, 5.41) is 3.31. The van der Waals surface area contributed by atoms with Gasteiger partial charge in [-0.1, -0.05) is 32.9 Å². The zero-order valence-electron chi connectivity index (χ0n) is 12.2. The molecule has 0 radical (unpaired) electrons. The number of benzene rings is 1. The van der Waals surface area contributed by atoms with Crippen LogP contribution in [0, 0.1) is 5.92 Å². The fourth-order valence-corrected chi connectivity index (χ4v) is 2.08. The molecule has 0 saturated carbocycles. The van der Waals surface area contributed by atoms with Crippen LogP contribution in [0.2, 0.25) is 0 Å². The number of nitrogens with one attached hydrogen (secondary N) is 1. The van der Waals surface area contributed by atoms with Gasteiger partial charge in [-0.15, -0.1) is 0 Å². The lowest BCUT2D eigenvalue weighted by molar-refractivity contribution is 0.297. The second-order valence-corrected chi connectivity index (χ2v) is 5.20. The average Bonchev–Trinajstić information content (AvgIpc) is 2.37. The first-order valence-electron chi connectivity index (χ1n) is 7.07. The van der Waals surface area contributed by atoms with Crippen LogP contribution in [-0.4, -0.2) is 13.7 Å². The molecule has 0 aliphatic heterocycles. The molecule has 0 aliphatic carbocycles. The Balaban J connectivity index is 2.40. The van der Waals surface area contributed by atoms with Gasteiger partial charge in [-0.2, -0.15) is 0 Å². The van der Waals surface area contributed by atoms with Gasteiger partial charge in [0.05, 0.1) is 6.61 Å². The van der Waals surface area contributed by atoms with Crippen molar-refractivity contribution in [2.45, 2.75) is 46.1 Å². The van der Waals surface area contributed by atoms with Crippen molar-refractivity contribution in [2.24, 2.45) is 5.92 Å². The monoisotopic (exact) mass is 249 g/mol. The number of hydrogen-bond donors (Lipinski definition) is 1. The lowest BCUT2D eigenvalue weighted by atomic mass is 10.0. The van der Waals surface area contributed by atoms with Gasteiger partial charge in [-0.3, -0.25) is 0 Å². The molecule has 0 spiro atoms. The van der Waals surface area contributed by atoms with Gasteiger partial charge in [0, 0.05) is 6.04 Å². The van der Waals surface area contributed by atoms with Crippen LogP contribution in [0.3, 0.4) is 0 Å². The van der Waals surface area contributed by atoms with Gasteiger partial charge in [0.25, 0.3) is 0 Å². The summed E-state index contributed by atoms with van der Waals surface area (Å²) in [6, 6.07) is 8.90. The molecular weight excluding hydrogens is 222 g/mol. The Bertz CT molecular complexity index is 314. The average molecular weight is 249 g/mol. The molecule has 0 saturated heterocycles. The third kappa shape index (κ3) is 5.09. The van der Waals surface area contributed by atoms with Crippen LogP contribution in [0.25, 0.3) is 0 Å². The van der Waals surface area contributed by atoms with E-state index in [2.05, 4.69) is 50.4 Å². The van der Waals surface area contributed by atoms with E-state index in [9.17, 15) is 0 Å². The van der Waals surface area contributed by atoms with Gasteiger partial charge in [0.2, 0.25) is 0 Å². The minimum atomic E-state index is 0.444. The van der Waals surface area contributed by atoms with E-state index in [0.717, 1.165) is 31.1 Å². The third-order valence-corrected chi connectivity index (χ3v) is 3.23. The van der Waals surface area contributed by atoms with Gasteiger partial charge in [0.1, 0.15) is 5.75 Å². The molecule has 0 heterocycles. The Labute approximate surface area is 112 Å². The van der Waals surface area contributed by atoms with Crippen LogP contribution >= 0.6 is 0 Å². The fraction of sp³-hybridized carbons (Fsp3) is 0.625. The smallest absolute Gasteiger partial charge is 0.119 e. The molecule has 0 aromatic heterocycles. The standard InChI is InChI=1S/C16H27NO/c1-5-16(17-4)14-8-10-15(11-9-14)18-12-6-7-13(2)3/h8-11,13,16-17H,5-7,12H2,1-4H3. The molecule has 2 heteroatoms.